The summed E-state index contributed by atoms with van der Waals surface area (Å²) >= 11 is 0. The molecule has 6 heteroatoms. The Balaban J connectivity index is 2.17. The number of carboxylic acids is 1. The van der Waals surface area contributed by atoms with E-state index in [9.17, 15) is 9.59 Å². The summed E-state index contributed by atoms with van der Waals surface area (Å²) in [4.78, 5) is 21.7. The van der Waals surface area contributed by atoms with Crippen LogP contribution in [0.15, 0.2) is 12.7 Å². The van der Waals surface area contributed by atoms with Gasteiger partial charge in [-0.25, -0.2) is 9.59 Å². The first-order valence-corrected chi connectivity index (χ1v) is 5.14. The first-order chi connectivity index (χ1) is 7.63. The fraction of sp³-hybridized carbons (Fsp3) is 0.600. The highest BCUT2D eigenvalue weighted by atomic mass is 16.5. The second kappa shape index (κ2) is 6.12. The lowest BCUT2D eigenvalue weighted by atomic mass is 10.2. The molecule has 2 unspecified atom stereocenters. The number of hydrogen-bond acceptors (Lipinski definition) is 3. The van der Waals surface area contributed by atoms with Gasteiger partial charge in [-0.05, 0) is 12.8 Å². The molecule has 0 radical (unpaired) electrons. The van der Waals surface area contributed by atoms with Gasteiger partial charge in [-0.3, -0.25) is 0 Å². The second-order valence-corrected chi connectivity index (χ2v) is 3.54. The van der Waals surface area contributed by atoms with E-state index in [2.05, 4.69) is 17.2 Å². The van der Waals surface area contributed by atoms with Crippen molar-refractivity contribution >= 4 is 12.0 Å². The van der Waals surface area contributed by atoms with Crippen LogP contribution in [0.4, 0.5) is 4.79 Å². The number of ether oxygens (including phenoxy) is 1. The monoisotopic (exact) mass is 228 g/mol. The van der Waals surface area contributed by atoms with Crippen LogP contribution in [0.25, 0.3) is 0 Å². The molecule has 0 aliphatic carbocycles. The SMILES string of the molecule is C=CCNC(=O)NCC1CCC(C(=O)O)O1. The average Bonchev–Trinajstić information content (AvgIpc) is 2.72. The lowest BCUT2D eigenvalue weighted by molar-refractivity contribution is -0.149. The van der Waals surface area contributed by atoms with E-state index in [4.69, 9.17) is 9.84 Å². The highest BCUT2D eigenvalue weighted by Crippen LogP contribution is 2.18. The summed E-state index contributed by atoms with van der Waals surface area (Å²) in [5.41, 5.74) is 0. The molecule has 0 saturated carbocycles. The molecule has 1 aliphatic heterocycles. The van der Waals surface area contributed by atoms with Crippen molar-refractivity contribution < 1.29 is 19.4 Å². The Kier molecular flexibility index (Phi) is 4.78. The van der Waals surface area contributed by atoms with Gasteiger partial charge in [0.15, 0.2) is 6.10 Å². The van der Waals surface area contributed by atoms with Crippen LogP contribution in [0.5, 0.6) is 0 Å². The predicted octanol–water partition coefficient (Wildman–Crippen LogP) is 0.104. The van der Waals surface area contributed by atoms with Gasteiger partial charge in [0, 0.05) is 13.1 Å². The van der Waals surface area contributed by atoms with Crippen LogP contribution in [0.1, 0.15) is 12.8 Å². The quantitative estimate of drug-likeness (QED) is 0.582. The van der Waals surface area contributed by atoms with E-state index in [0.29, 0.717) is 25.9 Å². The molecule has 2 atom stereocenters. The highest BCUT2D eigenvalue weighted by molar-refractivity contribution is 5.74. The maximum atomic E-state index is 11.1. The molecule has 0 aromatic heterocycles. The highest BCUT2D eigenvalue weighted by Gasteiger charge is 2.30. The molecule has 6 nitrogen and oxygen atoms in total. The first kappa shape index (κ1) is 12.5. The number of carbonyl (C=O) groups is 2. The van der Waals surface area contributed by atoms with Crippen LogP contribution < -0.4 is 10.6 Å². The van der Waals surface area contributed by atoms with Crippen LogP contribution in [-0.2, 0) is 9.53 Å². The van der Waals surface area contributed by atoms with E-state index < -0.39 is 12.1 Å². The van der Waals surface area contributed by atoms with Crippen molar-refractivity contribution in [1.82, 2.24) is 10.6 Å². The molecule has 1 aliphatic rings. The van der Waals surface area contributed by atoms with Crippen molar-refractivity contribution in [3.8, 4) is 0 Å². The third-order valence-corrected chi connectivity index (χ3v) is 2.28. The van der Waals surface area contributed by atoms with E-state index in [1.807, 2.05) is 0 Å². The molecular formula is C10H16N2O4. The number of hydrogen-bond donors (Lipinski definition) is 3. The molecule has 16 heavy (non-hydrogen) atoms. The second-order valence-electron chi connectivity index (χ2n) is 3.54. The van der Waals surface area contributed by atoms with Gasteiger partial charge in [0.2, 0.25) is 0 Å². The largest absolute Gasteiger partial charge is 0.479 e. The van der Waals surface area contributed by atoms with Crippen LogP contribution in [0.2, 0.25) is 0 Å². The fourth-order valence-corrected chi connectivity index (χ4v) is 1.47. The molecule has 1 heterocycles. The molecule has 0 aromatic rings. The van der Waals surface area contributed by atoms with Gasteiger partial charge < -0.3 is 20.5 Å². The minimum atomic E-state index is -0.946. The average molecular weight is 228 g/mol. The maximum Gasteiger partial charge on any atom is 0.332 e. The zero-order valence-corrected chi connectivity index (χ0v) is 8.94. The molecule has 90 valence electrons. The lowest BCUT2D eigenvalue weighted by Gasteiger charge is -2.12. The van der Waals surface area contributed by atoms with Gasteiger partial charge in [0.1, 0.15) is 0 Å². The molecule has 1 fully saturated rings. The van der Waals surface area contributed by atoms with Gasteiger partial charge in [-0.1, -0.05) is 6.08 Å². The zero-order valence-electron chi connectivity index (χ0n) is 8.94. The number of rotatable bonds is 5. The van der Waals surface area contributed by atoms with Crippen LogP contribution in [-0.4, -0.2) is 42.4 Å². The summed E-state index contributed by atoms with van der Waals surface area (Å²) in [5, 5.41) is 13.8. The Hall–Kier alpha value is -1.56. The van der Waals surface area contributed by atoms with Crippen molar-refractivity contribution in [2.24, 2.45) is 0 Å². The van der Waals surface area contributed by atoms with Crippen LogP contribution in [0, 0.1) is 0 Å². The Morgan fingerprint density at radius 2 is 2.19 bits per heavy atom. The van der Waals surface area contributed by atoms with Gasteiger partial charge in [-0.2, -0.15) is 0 Å². The van der Waals surface area contributed by atoms with Gasteiger partial charge in [0.25, 0.3) is 0 Å². The van der Waals surface area contributed by atoms with Gasteiger partial charge in [-0.15, -0.1) is 6.58 Å². The van der Waals surface area contributed by atoms with E-state index in [-0.39, 0.29) is 12.1 Å². The van der Waals surface area contributed by atoms with Gasteiger partial charge in [0.05, 0.1) is 6.10 Å². The minimum absolute atomic E-state index is 0.212. The minimum Gasteiger partial charge on any atom is -0.479 e. The molecule has 2 amide bonds. The smallest absolute Gasteiger partial charge is 0.332 e. The normalized spacial score (nSPS) is 23.8. The number of nitrogens with one attached hydrogen (secondary N) is 2. The Morgan fingerprint density at radius 3 is 2.75 bits per heavy atom. The molecule has 0 aromatic carbocycles. The van der Waals surface area contributed by atoms with Crippen molar-refractivity contribution in [3.63, 3.8) is 0 Å². The van der Waals surface area contributed by atoms with Crippen LogP contribution in [0.3, 0.4) is 0 Å². The first-order valence-electron chi connectivity index (χ1n) is 5.14. The molecule has 1 rings (SSSR count). The number of carbonyl (C=O) groups excluding carboxylic acids is 1. The molecular weight excluding hydrogens is 212 g/mol. The summed E-state index contributed by atoms with van der Waals surface area (Å²) in [6.45, 7) is 4.19. The molecule has 0 spiro atoms. The van der Waals surface area contributed by atoms with Crippen molar-refractivity contribution in [2.45, 2.75) is 25.0 Å². The zero-order chi connectivity index (χ0) is 12.0. The van der Waals surface area contributed by atoms with Crippen LogP contribution >= 0.6 is 0 Å². The molecule has 1 saturated heterocycles. The topological polar surface area (TPSA) is 87.7 Å². The van der Waals surface area contributed by atoms with E-state index in [1.54, 1.807) is 6.08 Å². The molecule has 3 N–H and O–H groups in total. The summed E-state index contributed by atoms with van der Waals surface area (Å²) in [6.07, 6.45) is 1.78. The number of carboxylic acid groups (broad SMARTS) is 1. The third-order valence-electron chi connectivity index (χ3n) is 2.28. The standard InChI is InChI=1S/C10H16N2O4/c1-2-5-11-10(15)12-6-7-3-4-8(16-7)9(13)14/h2,7-8H,1,3-6H2,(H,13,14)(H2,11,12,15). The number of aliphatic carboxylic acids is 1. The summed E-state index contributed by atoms with van der Waals surface area (Å²) in [6, 6.07) is -0.303. The van der Waals surface area contributed by atoms with Crippen molar-refractivity contribution in [3.05, 3.63) is 12.7 Å². The number of urea groups is 1. The number of amides is 2. The fourth-order valence-electron chi connectivity index (χ4n) is 1.47. The van der Waals surface area contributed by atoms with E-state index >= 15 is 0 Å². The molecule has 0 bridgehead atoms. The Morgan fingerprint density at radius 1 is 1.44 bits per heavy atom. The maximum absolute atomic E-state index is 11.1. The van der Waals surface area contributed by atoms with Crippen molar-refractivity contribution in [1.29, 1.82) is 0 Å². The lowest BCUT2D eigenvalue weighted by Crippen LogP contribution is -2.40. The Bertz CT molecular complexity index is 280. The van der Waals surface area contributed by atoms with Crippen molar-refractivity contribution in [2.75, 3.05) is 13.1 Å². The van der Waals surface area contributed by atoms with Gasteiger partial charge >= 0.3 is 12.0 Å². The summed E-state index contributed by atoms with van der Waals surface area (Å²) < 4.78 is 5.22. The summed E-state index contributed by atoms with van der Waals surface area (Å²) in [7, 11) is 0. The van der Waals surface area contributed by atoms with E-state index in [0.717, 1.165) is 0 Å². The Labute approximate surface area is 93.7 Å². The third kappa shape index (κ3) is 3.90. The predicted molar refractivity (Wildman–Crippen MR) is 57.1 cm³/mol. The summed E-state index contributed by atoms with van der Waals surface area (Å²) in [5.74, 6) is -0.946. The van der Waals surface area contributed by atoms with E-state index in [1.165, 1.54) is 0 Å².